The van der Waals surface area contributed by atoms with Gasteiger partial charge in [0.05, 0.1) is 18.4 Å². The molecule has 0 radical (unpaired) electrons. The number of anilines is 1. The molecule has 1 aromatic heterocycles. The van der Waals surface area contributed by atoms with Crippen molar-refractivity contribution in [1.82, 2.24) is 20.4 Å². The first-order valence-electron chi connectivity index (χ1n) is 11.2. The summed E-state index contributed by atoms with van der Waals surface area (Å²) in [5, 5.41) is 12.5. The molecule has 4 aromatic rings. The molecule has 3 aromatic carbocycles. The molecule has 0 saturated carbocycles. The van der Waals surface area contributed by atoms with Gasteiger partial charge < -0.3 is 15.4 Å². The van der Waals surface area contributed by atoms with Gasteiger partial charge in [0, 0.05) is 17.4 Å². The Balaban J connectivity index is 1.51. The number of ether oxygens (including phenoxy) is 1. The summed E-state index contributed by atoms with van der Waals surface area (Å²) in [5.41, 5.74) is 2.14. The first-order chi connectivity index (χ1) is 17.4. The van der Waals surface area contributed by atoms with E-state index in [1.165, 1.54) is 0 Å². The molecule has 0 bridgehead atoms. The molecule has 2 heterocycles. The Labute approximate surface area is 207 Å². The Morgan fingerprint density at radius 1 is 1.00 bits per heavy atom. The number of benzene rings is 3. The number of nitrogens with one attached hydrogen (secondary N) is 3. The normalized spacial score (nSPS) is 16.8. The summed E-state index contributed by atoms with van der Waals surface area (Å²) >= 11 is 0. The Morgan fingerprint density at radius 2 is 1.78 bits per heavy atom. The molecule has 1 atom stereocenters. The summed E-state index contributed by atoms with van der Waals surface area (Å²) in [4.78, 5) is 37.5. The van der Waals surface area contributed by atoms with Gasteiger partial charge >= 0.3 is 6.03 Å². The van der Waals surface area contributed by atoms with Crippen LogP contribution >= 0.6 is 0 Å². The zero-order chi connectivity index (χ0) is 25.3. The van der Waals surface area contributed by atoms with Crippen LogP contribution in [0.3, 0.4) is 0 Å². The van der Waals surface area contributed by atoms with Gasteiger partial charge in [-0.1, -0.05) is 42.5 Å². The van der Waals surface area contributed by atoms with Crippen LogP contribution in [-0.2, 0) is 10.3 Å². The number of carbonyl (C=O) groups excluding carboxylic acids is 3. The third-order valence-corrected chi connectivity index (χ3v) is 6.07. The van der Waals surface area contributed by atoms with Crippen molar-refractivity contribution in [2.75, 3.05) is 12.4 Å². The lowest BCUT2D eigenvalue weighted by Crippen LogP contribution is -2.40. The second-order valence-corrected chi connectivity index (χ2v) is 8.47. The topological polar surface area (TPSA) is 114 Å². The minimum Gasteiger partial charge on any atom is -0.497 e. The van der Waals surface area contributed by atoms with Gasteiger partial charge in [-0.3, -0.25) is 14.9 Å². The molecular weight excluding hydrogens is 458 g/mol. The molecule has 5 rings (SSSR count). The van der Waals surface area contributed by atoms with Gasteiger partial charge in [-0.15, -0.1) is 0 Å². The molecule has 4 amide bonds. The molecule has 1 aliphatic heterocycles. The van der Waals surface area contributed by atoms with E-state index in [1.807, 2.05) is 54.6 Å². The van der Waals surface area contributed by atoms with E-state index in [0.717, 1.165) is 11.3 Å². The van der Waals surface area contributed by atoms with Crippen LogP contribution < -0.4 is 20.7 Å². The van der Waals surface area contributed by atoms with Gasteiger partial charge in [-0.2, -0.15) is 5.10 Å². The second-order valence-electron chi connectivity index (χ2n) is 8.47. The monoisotopic (exact) mass is 481 g/mol. The lowest BCUT2D eigenvalue weighted by atomic mass is 9.92. The van der Waals surface area contributed by atoms with Gasteiger partial charge in [0.1, 0.15) is 17.0 Å². The van der Waals surface area contributed by atoms with Gasteiger partial charge in [0.2, 0.25) is 0 Å². The Morgan fingerprint density at radius 3 is 2.50 bits per heavy atom. The quantitative estimate of drug-likeness (QED) is 0.362. The van der Waals surface area contributed by atoms with Crippen LogP contribution in [0.15, 0.2) is 85.1 Å². The lowest BCUT2D eigenvalue weighted by Gasteiger charge is -2.21. The van der Waals surface area contributed by atoms with E-state index in [9.17, 15) is 14.4 Å². The highest BCUT2D eigenvalue weighted by Crippen LogP contribution is 2.29. The fraction of sp³-hybridized carbons (Fsp3) is 0.111. The van der Waals surface area contributed by atoms with Crippen molar-refractivity contribution < 1.29 is 19.1 Å². The predicted octanol–water partition coefficient (Wildman–Crippen LogP) is 3.85. The highest BCUT2D eigenvalue weighted by atomic mass is 16.5. The summed E-state index contributed by atoms with van der Waals surface area (Å²) in [6.45, 7) is 1.61. The van der Waals surface area contributed by atoms with Gasteiger partial charge in [-0.05, 0) is 48.9 Å². The van der Waals surface area contributed by atoms with Crippen molar-refractivity contribution >= 4 is 23.5 Å². The smallest absolute Gasteiger partial charge is 0.322 e. The number of para-hydroxylation sites is 1. The van der Waals surface area contributed by atoms with Crippen LogP contribution in [0.5, 0.6) is 5.75 Å². The zero-order valence-electron chi connectivity index (χ0n) is 19.6. The molecular formula is C27H23N5O4. The molecule has 180 valence electrons. The maximum absolute atomic E-state index is 13.5. The SMILES string of the molecule is COc1cccc(-c2nn(-c3ccccc3)cc2C(=O)Nc2cccc(C3(C)NC(=O)NC3=O)c2)c1. The number of nitrogens with zero attached hydrogens (tertiary/aromatic N) is 2. The second kappa shape index (κ2) is 9.03. The van der Waals surface area contributed by atoms with Crippen molar-refractivity contribution in [3.05, 3.63) is 96.2 Å². The summed E-state index contributed by atoms with van der Waals surface area (Å²) in [5.74, 6) is -0.191. The summed E-state index contributed by atoms with van der Waals surface area (Å²) < 4.78 is 7.01. The van der Waals surface area contributed by atoms with Crippen LogP contribution in [0, 0.1) is 0 Å². The number of carbonyl (C=O) groups is 3. The summed E-state index contributed by atoms with van der Waals surface area (Å²) in [7, 11) is 1.58. The molecule has 0 aliphatic carbocycles. The van der Waals surface area contributed by atoms with Gasteiger partial charge in [0.25, 0.3) is 11.8 Å². The van der Waals surface area contributed by atoms with Crippen molar-refractivity contribution in [3.63, 3.8) is 0 Å². The van der Waals surface area contributed by atoms with E-state index in [1.54, 1.807) is 49.2 Å². The third kappa shape index (κ3) is 4.18. The Kier molecular flexibility index (Phi) is 5.73. The van der Waals surface area contributed by atoms with E-state index >= 15 is 0 Å². The van der Waals surface area contributed by atoms with E-state index in [4.69, 9.17) is 9.84 Å². The highest BCUT2D eigenvalue weighted by Gasteiger charge is 2.43. The highest BCUT2D eigenvalue weighted by molar-refractivity contribution is 6.09. The molecule has 0 spiro atoms. The van der Waals surface area contributed by atoms with E-state index < -0.39 is 17.5 Å². The molecule has 1 saturated heterocycles. The van der Waals surface area contributed by atoms with Crippen molar-refractivity contribution in [1.29, 1.82) is 0 Å². The molecule has 1 aliphatic rings. The van der Waals surface area contributed by atoms with Crippen molar-refractivity contribution in [3.8, 4) is 22.7 Å². The van der Waals surface area contributed by atoms with E-state index in [-0.39, 0.29) is 5.91 Å². The largest absolute Gasteiger partial charge is 0.497 e. The molecule has 1 unspecified atom stereocenters. The zero-order valence-corrected chi connectivity index (χ0v) is 19.6. The molecule has 9 nitrogen and oxygen atoms in total. The minimum absolute atomic E-state index is 0.357. The summed E-state index contributed by atoms with van der Waals surface area (Å²) in [6, 6.07) is 23.1. The first-order valence-corrected chi connectivity index (χ1v) is 11.2. The minimum atomic E-state index is -1.23. The van der Waals surface area contributed by atoms with E-state index in [0.29, 0.717) is 28.3 Å². The summed E-state index contributed by atoms with van der Waals surface area (Å²) in [6.07, 6.45) is 1.68. The van der Waals surface area contributed by atoms with Crippen LogP contribution in [0.1, 0.15) is 22.8 Å². The number of imide groups is 1. The number of methoxy groups -OCH3 is 1. The molecule has 3 N–H and O–H groups in total. The fourth-order valence-corrected chi connectivity index (χ4v) is 4.09. The standard InChI is InChI=1S/C27H23N5O4/c1-27(25(34)29-26(35)30-27)18-9-7-10-19(15-18)28-24(33)22-16-32(20-11-4-3-5-12-20)31-23(22)17-8-6-13-21(14-17)36-2/h3-16H,1-2H3,(H,28,33)(H2,29,30,34,35). The Bertz CT molecular complexity index is 1480. The average Bonchev–Trinajstić information content (AvgIpc) is 3.46. The lowest BCUT2D eigenvalue weighted by molar-refractivity contribution is -0.123. The average molecular weight is 482 g/mol. The Hall–Kier alpha value is -4.92. The maximum atomic E-state index is 13.5. The number of rotatable bonds is 6. The van der Waals surface area contributed by atoms with Crippen molar-refractivity contribution in [2.24, 2.45) is 0 Å². The van der Waals surface area contributed by atoms with Crippen LogP contribution in [0.4, 0.5) is 10.5 Å². The number of amides is 4. The number of hydrogen-bond acceptors (Lipinski definition) is 5. The number of urea groups is 1. The molecule has 36 heavy (non-hydrogen) atoms. The maximum Gasteiger partial charge on any atom is 0.322 e. The number of hydrogen-bond donors (Lipinski definition) is 3. The first kappa shape index (κ1) is 22.9. The predicted molar refractivity (Wildman–Crippen MR) is 134 cm³/mol. The third-order valence-electron chi connectivity index (χ3n) is 6.07. The van der Waals surface area contributed by atoms with E-state index in [2.05, 4.69) is 16.0 Å². The van der Waals surface area contributed by atoms with Crippen LogP contribution in [-0.4, -0.2) is 34.7 Å². The molecule has 1 fully saturated rings. The fourth-order valence-electron chi connectivity index (χ4n) is 4.09. The van der Waals surface area contributed by atoms with Gasteiger partial charge in [-0.25, -0.2) is 9.48 Å². The van der Waals surface area contributed by atoms with Gasteiger partial charge in [0.15, 0.2) is 0 Å². The van der Waals surface area contributed by atoms with Crippen LogP contribution in [0.25, 0.3) is 16.9 Å². The van der Waals surface area contributed by atoms with Crippen molar-refractivity contribution in [2.45, 2.75) is 12.5 Å². The van der Waals surface area contributed by atoms with Crippen LogP contribution in [0.2, 0.25) is 0 Å². The number of aromatic nitrogens is 2. The molecule has 9 heteroatoms.